The molecule has 2 aliphatic heterocycles. The number of rotatable bonds is 5. The van der Waals surface area contributed by atoms with E-state index in [1.807, 2.05) is 22.7 Å². The van der Waals surface area contributed by atoms with Gasteiger partial charge >= 0.3 is 0 Å². The molecular formula is C75H72BN3S2. The molecule has 0 bridgehead atoms. The summed E-state index contributed by atoms with van der Waals surface area (Å²) in [4.78, 5) is 7.76. The molecule has 0 saturated heterocycles. The van der Waals surface area contributed by atoms with Gasteiger partial charge in [-0.1, -0.05) is 194 Å². The molecule has 0 unspecified atom stereocenters. The van der Waals surface area contributed by atoms with Crippen LogP contribution < -0.4 is 30.4 Å². The molecule has 0 N–H and O–H groups in total. The summed E-state index contributed by atoms with van der Waals surface area (Å²) in [6.45, 7) is 32.6. The molecule has 0 radical (unpaired) electrons. The van der Waals surface area contributed by atoms with Crippen LogP contribution in [0.15, 0.2) is 182 Å². The number of hydrogen-bond donors (Lipinski definition) is 0. The van der Waals surface area contributed by atoms with Gasteiger partial charge in [-0.05, 0) is 162 Å². The summed E-state index contributed by atoms with van der Waals surface area (Å²) < 4.78 is 5.33. The van der Waals surface area contributed by atoms with Gasteiger partial charge in [-0.2, -0.15) is 0 Å². The molecule has 3 nitrogen and oxygen atoms in total. The second-order valence-electron chi connectivity index (χ2n) is 27.8. The Hall–Kier alpha value is -7.38. The molecule has 0 spiro atoms. The molecule has 6 heteroatoms. The van der Waals surface area contributed by atoms with E-state index >= 15 is 0 Å². The summed E-state index contributed by atoms with van der Waals surface area (Å²) in [7, 11) is 0. The van der Waals surface area contributed by atoms with Crippen LogP contribution in [0.4, 0.5) is 51.2 Å². The topological polar surface area (TPSA) is 9.72 Å². The highest BCUT2D eigenvalue weighted by molar-refractivity contribution is 7.33. The van der Waals surface area contributed by atoms with Crippen molar-refractivity contribution in [1.29, 1.82) is 0 Å². The summed E-state index contributed by atoms with van der Waals surface area (Å²) in [5.74, 6) is 0. The van der Waals surface area contributed by atoms with E-state index in [0.29, 0.717) is 0 Å². The van der Waals surface area contributed by atoms with Gasteiger partial charge in [0.25, 0.3) is 6.71 Å². The number of thiophene rings is 2. The Bertz CT molecular complexity index is 4300. The zero-order chi connectivity index (χ0) is 56.4. The standard InChI is InChI=1S/C75H72BN3S2/c1-71(2,3)45-25-32-49(33-26-45)77(50-34-27-46(28-35-50)72(4,5)6)52-38-40-58-62(44-52)79(61-24-17-20-55-65-64(80-69(55)61)42-39-54-53-19-15-16-21-57(53)75(13,14)66(54)65)60-23-18-22-59-67(60)76(58)70-68(56-43-48(74(10,11)12)31-41-63(56)81-70)78(59)51-36-29-47(30-37-51)73(7,8)9/h15-44H,1-14H3. The lowest BCUT2D eigenvalue weighted by Crippen LogP contribution is -2.60. The average Bonchev–Trinajstić information content (AvgIpc) is 4.32. The van der Waals surface area contributed by atoms with Crippen LogP contribution in [0.25, 0.3) is 41.4 Å². The first-order valence-corrected chi connectivity index (χ1v) is 30.7. The van der Waals surface area contributed by atoms with Crippen molar-refractivity contribution in [2.45, 2.75) is 124 Å². The third-order valence-corrected chi connectivity index (χ3v) is 20.5. The molecule has 0 amide bonds. The fraction of sp³-hybridized carbons (Fsp3) is 0.253. The maximum absolute atomic E-state index is 2.66. The first-order valence-electron chi connectivity index (χ1n) is 29.1. The van der Waals surface area contributed by atoms with Gasteiger partial charge in [0.1, 0.15) is 0 Å². The molecule has 81 heavy (non-hydrogen) atoms. The summed E-state index contributed by atoms with van der Waals surface area (Å²) in [5, 5.41) is 4.01. The molecule has 402 valence electrons. The van der Waals surface area contributed by atoms with Gasteiger partial charge in [-0.15, -0.1) is 22.7 Å². The highest BCUT2D eigenvalue weighted by Crippen LogP contribution is 2.57. The SMILES string of the molecule is CC(C)(C)c1ccc(N(c2ccc(C(C)(C)C)cc2)c2ccc3c(c2)N(c2cccc4c2sc2ccc5c(c24)C(C)(C)c2ccccc2-5)c2cccc4c2B3c2sc3ccc(C(C)(C)C)cc3c2N4c2ccc(C(C)(C)C)cc2)cc1. The number of hydrogen-bond acceptors (Lipinski definition) is 5. The summed E-state index contributed by atoms with van der Waals surface area (Å²) in [6, 6.07) is 70.8. The van der Waals surface area contributed by atoms with Crippen LogP contribution in [-0.2, 0) is 27.1 Å². The van der Waals surface area contributed by atoms with Crippen LogP contribution in [0.3, 0.4) is 0 Å². The van der Waals surface area contributed by atoms with Crippen LogP contribution in [0.2, 0.25) is 0 Å². The minimum atomic E-state index is -0.155. The zero-order valence-corrected chi connectivity index (χ0v) is 51.2. The second-order valence-corrected chi connectivity index (χ2v) is 30.0. The van der Waals surface area contributed by atoms with Gasteiger partial charge in [-0.25, -0.2) is 0 Å². The lowest BCUT2D eigenvalue weighted by Gasteiger charge is -2.43. The van der Waals surface area contributed by atoms with E-state index in [9.17, 15) is 0 Å². The quantitative estimate of drug-likeness (QED) is 0.159. The Morgan fingerprint density at radius 1 is 0.432 bits per heavy atom. The Labute approximate surface area is 488 Å². The third-order valence-electron chi connectivity index (χ3n) is 18.1. The lowest BCUT2D eigenvalue weighted by molar-refractivity contribution is 0.590. The predicted molar refractivity (Wildman–Crippen MR) is 356 cm³/mol. The number of benzene rings is 9. The van der Waals surface area contributed by atoms with Gasteiger partial charge in [0.15, 0.2) is 0 Å². The van der Waals surface area contributed by atoms with E-state index in [4.69, 9.17) is 0 Å². The van der Waals surface area contributed by atoms with Crippen molar-refractivity contribution >= 4 is 127 Å². The Morgan fingerprint density at radius 3 is 1.60 bits per heavy atom. The van der Waals surface area contributed by atoms with Gasteiger partial charge in [-0.3, -0.25) is 0 Å². The molecular weight excluding hydrogens is 1020 g/mol. The number of fused-ring (bicyclic) bond motifs is 13. The fourth-order valence-corrected chi connectivity index (χ4v) is 16.2. The Kier molecular flexibility index (Phi) is 11.4. The molecule has 0 atom stereocenters. The van der Waals surface area contributed by atoms with E-state index in [2.05, 4.69) is 294 Å². The minimum absolute atomic E-state index is 0.0181. The maximum Gasteiger partial charge on any atom is 0.264 e. The van der Waals surface area contributed by atoms with Crippen LogP contribution in [-0.4, -0.2) is 6.71 Å². The molecule has 3 aliphatic rings. The van der Waals surface area contributed by atoms with Gasteiger partial charge in [0.2, 0.25) is 0 Å². The van der Waals surface area contributed by atoms with Crippen molar-refractivity contribution < 1.29 is 0 Å². The molecule has 4 heterocycles. The summed E-state index contributed by atoms with van der Waals surface area (Å²) in [5.41, 5.74) is 24.1. The normalized spacial score (nSPS) is 14.6. The zero-order valence-electron chi connectivity index (χ0n) is 49.6. The highest BCUT2D eigenvalue weighted by atomic mass is 32.1. The lowest BCUT2D eigenvalue weighted by atomic mass is 9.36. The van der Waals surface area contributed by atoms with Crippen LogP contribution in [0.1, 0.15) is 130 Å². The summed E-state index contributed by atoms with van der Waals surface area (Å²) >= 11 is 3.93. The van der Waals surface area contributed by atoms with Crippen molar-refractivity contribution in [3.63, 3.8) is 0 Å². The van der Waals surface area contributed by atoms with E-state index in [-0.39, 0.29) is 33.8 Å². The molecule has 14 rings (SSSR count). The van der Waals surface area contributed by atoms with Crippen molar-refractivity contribution in [2.75, 3.05) is 14.7 Å². The Balaban J connectivity index is 1.06. The number of anilines is 9. The second kappa shape index (κ2) is 17.8. The molecule has 2 aromatic heterocycles. The number of nitrogens with zero attached hydrogens (tertiary/aromatic N) is 3. The van der Waals surface area contributed by atoms with Crippen molar-refractivity contribution in [3.05, 3.63) is 215 Å². The van der Waals surface area contributed by atoms with Crippen molar-refractivity contribution in [3.8, 4) is 11.1 Å². The molecule has 11 aromatic rings. The monoisotopic (exact) mass is 1090 g/mol. The molecule has 0 fully saturated rings. The fourth-order valence-electron chi connectivity index (χ4n) is 13.6. The van der Waals surface area contributed by atoms with Crippen molar-refractivity contribution in [2.24, 2.45) is 0 Å². The summed E-state index contributed by atoms with van der Waals surface area (Å²) in [6.07, 6.45) is 0. The first-order chi connectivity index (χ1) is 38.5. The molecule has 1 aliphatic carbocycles. The van der Waals surface area contributed by atoms with E-state index in [1.165, 1.54) is 125 Å². The first kappa shape index (κ1) is 51.8. The largest absolute Gasteiger partial charge is 0.310 e. The van der Waals surface area contributed by atoms with Gasteiger partial charge in [0, 0.05) is 75.6 Å². The van der Waals surface area contributed by atoms with Crippen LogP contribution in [0, 0.1) is 0 Å². The predicted octanol–water partition coefficient (Wildman–Crippen LogP) is 20.3. The maximum atomic E-state index is 2.66. The molecule has 9 aromatic carbocycles. The minimum Gasteiger partial charge on any atom is -0.310 e. The average molecular weight is 1090 g/mol. The molecule has 0 saturated carbocycles. The third kappa shape index (κ3) is 8.01. The Morgan fingerprint density at radius 2 is 0.975 bits per heavy atom. The smallest absolute Gasteiger partial charge is 0.264 e. The highest BCUT2D eigenvalue weighted by Gasteiger charge is 2.46. The van der Waals surface area contributed by atoms with Gasteiger partial charge < -0.3 is 14.7 Å². The van der Waals surface area contributed by atoms with Crippen molar-refractivity contribution in [1.82, 2.24) is 0 Å². The van der Waals surface area contributed by atoms with E-state index in [0.717, 1.165) is 17.1 Å². The van der Waals surface area contributed by atoms with Crippen LogP contribution in [0.5, 0.6) is 0 Å². The van der Waals surface area contributed by atoms with E-state index < -0.39 is 0 Å². The van der Waals surface area contributed by atoms with Crippen LogP contribution >= 0.6 is 22.7 Å². The van der Waals surface area contributed by atoms with Gasteiger partial charge in [0.05, 0.1) is 16.1 Å². The van der Waals surface area contributed by atoms with E-state index in [1.54, 1.807) is 0 Å².